The summed E-state index contributed by atoms with van der Waals surface area (Å²) in [7, 11) is -4.82. The number of rotatable bonds is 22. The largest absolute Gasteiger partial charge is 1.00 e. The van der Waals surface area contributed by atoms with Crippen LogP contribution in [0, 0.1) is 0 Å². The van der Waals surface area contributed by atoms with Crippen LogP contribution in [-0.4, -0.2) is 60.8 Å². The number of ether oxygens (including phenoxy) is 2. The van der Waals surface area contributed by atoms with Gasteiger partial charge in [-0.2, -0.15) is 0 Å². The van der Waals surface area contributed by atoms with E-state index < -0.39 is 51.8 Å². The van der Waals surface area contributed by atoms with E-state index in [1.54, 1.807) is 0 Å². The Morgan fingerprint density at radius 2 is 1.32 bits per heavy atom. The number of phosphoric ester groups is 1. The van der Waals surface area contributed by atoms with E-state index >= 15 is 0 Å². The van der Waals surface area contributed by atoms with Crippen LogP contribution in [0.1, 0.15) is 90.9 Å². The van der Waals surface area contributed by atoms with Crippen LogP contribution >= 0.6 is 7.82 Å². The minimum Gasteiger partial charge on any atom is -0.756 e. The Bertz CT molecular complexity index is 564. The Kier molecular flexibility index (Phi) is 24.8. The van der Waals surface area contributed by atoms with Crippen molar-refractivity contribution in [2.45, 2.75) is 103 Å². The average molecular weight is 521 g/mol. The van der Waals surface area contributed by atoms with Crippen molar-refractivity contribution in [3.63, 3.8) is 0 Å². The van der Waals surface area contributed by atoms with Gasteiger partial charge in [-0.15, -0.1) is 0 Å². The Labute approximate surface area is 226 Å². The molecule has 0 saturated carbocycles. The quantitative estimate of drug-likeness (QED) is 0.0865. The number of carbonyl (C=O) groups is 2. The van der Waals surface area contributed by atoms with Crippen LogP contribution in [0.5, 0.6) is 0 Å². The average Bonchev–Trinajstić information content (AvgIpc) is 2.79. The first-order chi connectivity index (χ1) is 15.7. The van der Waals surface area contributed by atoms with E-state index in [-0.39, 0.29) is 49.0 Å². The Morgan fingerprint density at radius 3 is 1.85 bits per heavy atom. The monoisotopic (exact) mass is 520 g/mol. The van der Waals surface area contributed by atoms with E-state index in [4.69, 9.17) is 19.1 Å². The van der Waals surface area contributed by atoms with Crippen molar-refractivity contribution in [2.24, 2.45) is 0 Å². The van der Waals surface area contributed by atoms with Gasteiger partial charge in [0.2, 0.25) is 0 Å². The van der Waals surface area contributed by atoms with E-state index in [0.717, 1.165) is 51.4 Å². The molecule has 0 fully saturated rings. The topological polar surface area (TPSA) is 152 Å². The van der Waals surface area contributed by atoms with Crippen LogP contribution < -0.4 is 34.5 Å². The summed E-state index contributed by atoms with van der Waals surface area (Å²) in [5.74, 6) is -0.993. The predicted octanol–water partition coefficient (Wildman–Crippen LogP) is 0.0212. The summed E-state index contributed by atoms with van der Waals surface area (Å²) >= 11 is 0. The van der Waals surface area contributed by atoms with Gasteiger partial charge in [-0.3, -0.25) is 14.2 Å². The number of carbonyl (C=O) groups excluding carboxylic acids is 2. The van der Waals surface area contributed by atoms with E-state index in [1.165, 1.54) is 0 Å². The van der Waals surface area contributed by atoms with E-state index in [2.05, 4.69) is 18.4 Å². The van der Waals surface area contributed by atoms with Gasteiger partial charge >= 0.3 is 41.5 Å². The molecule has 12 heteroatoms. The standard InChI is InChI=1S/C22H43O10P.Na/c1-3-5-7-9-11-13-21(25)29-17-20(32-22(26)14-12-10-8-6-4-2)18-31-33(27,28)30-16-19(24)15-23;/h19-20,23-24H,3-18H2,1-2H3,(H,27,28);/q;+1/p-1. The molecule has 0 aromatic carbocycles. The SMILES string of the molecule is CCCCCCCC(=O)OCC(COP(=O)([O-])OCC(O)CO)OC(=O)CCCCCCC.[Na+]. The van der Waals surface area contributed by atoms with Crippen LogP contribution in [0.3, 0.4) is 0 Å². The number of aliphatic hydroxyl groups excluding tert-OH is 2. The van der Waals surface area contributed by atoms with E-state index in [0.29, 0.717) is 12.8 Å². The fourth-order valence-corrected chi connectivity index (χ4v) is 3.58. The molecule has 0 aliphatic heterocycles. The van der Waals surface area contributed by atoms with Gasteiger partial charge in [-0.05, 0) is 12.8 Å². The molecule has 0 saturated heterocycles. The normalized spacial score (nSPS) is 14.5. The van der Waals surface area contributed by atoms with Crippen molar-refractivity contribution in [1.29, 1.82) is 0 Å². The van der Waals surface area contributed by atoms with Gasteiger partial charge in [0.1, 0.15) is 12.7 Å². The summed E-state index contributed by atoms with van der Waals surface area (Å²) < 4.78 is 31.4. The molecule has 0 spiro atoms. The van der Waals surface area contributed by atoms with Crippen molar-refractivity contribution in [3.05, 3.63) is 0 Å². The third-order valence-electron chi connectivity index (χ3n) is 4.75. The summed E-state index contributed by atoms with van der Waals surface area (Å²) in [6.07, 6.45) is 7.46. The van der Waals surface area contributed by atoms with Crippen molar-refractivity contribution in [3.8, 4) is 0 Å². The molecule has 3 unspecified atom stereocenters. The number of hydrogen-bond acceptors (Lipinski definition) is 10. The summed E-state index contributed by atoms with van der Waals surface area (Å²) in [5, 5.41) is 17.9. The Hall–Kier alpha value is -0.0300. The summed E-state index contributed by atoms with van der Waals surface area (Å²) in [6.45, 7) is 1.91. The molecule has 0 radical (unpaired) electrons. The van der Waals surface area contributed by atoms with E-state index in [9.17, 15) is 24.2 Å². The van der Waals surface area contributed by atoms with Gasteiger partial charge in [0.25, 0.3) is 7.82 Å². The second kappa shape index (κ2) is 23.4. The maximum absolute atomic E-state index is 12.1. The smallest absolute Gasteiger partial charge is 0.756 e. The number of unbranched alkanes of at least 4 members (excludes halogenated alkanes) is 8. The third-order valence-corrected chi connectivity index (χ3v) is 5.68. The van der Waals surface area contributed by atoms with Gasteiger partial charge in [0, 0.05) is 12.8 Å². The summed E-state index contributed by atoms with van der Waals surface area (Å²) in [6, 6.07) is 0. The fourth-order valence-electron chi connectivity index (χ4n) is 2.81. The van der Waals surface area contributed by atoms with Gasteiger partial charge in [-0.1, -0.05) is 65.2 Å². The maximum Gasteiger partial charge on any atom is 1.00 e. The molecule has 196 valence electrons. The number of esters is 2. The maximum atomic E-state index is 12.1. The molecule has 0 aromatic rings. The number of phosphoric acid groups is 1. The van der Waals surface area contributed by atoms with Crippen LogP contribution in [-0.2, 0) is 32.7 Å². The van der Waals surface area contributed by atoms with Gasteiger partial charge in [0.15, 0.2) is 6.10 Å². The zero-order valence-corrected chi connectivity index (χ0v) is 24.0. The third kappa shape index (κ3) is 22.4. The number of hydrogen-bond donors (Lipinski definition) is 2. The zero-order valence-electron chi connectivity index (χ0n) is 21.1. The van der Waals surface area contributed by atoms with Gasteiger partial charge < -0.3 is 33.6 Å². The molecule has 10 nitrogen and oxygen atoms in total. The first kappa shape index (κ1) is 36.1. The summed E-state index contributed by atoms with van der Waals surface area (Å²) in [5.41, 5.74) is 0. The minimum absolute atomic E-state index is 0. The van der Waals surface area contributed by atoms with Crippen LogP contribution in [0.2, 0.25) is 0 Å². The molecule has 3 atom stereocenters. The molecule has 0 aromatic heterocycles. The fraction of sp³-hybridized carbons (Fsp3) is 0.909. The Balaban J connectivity index is 0. The van der Waals surface area contributed by atoms with Gasteiger partial charge in [0.05, 0.1) is 19.8 Å². The molecule has 2 N–H and O–H groups in total. The molecule has 0 heterocycles. The molecular formula is C22H42NaO10P. The Morgan fingerprint density at radius 1 is 0.824 bits per heavy atom. The van der Waals surface area contributed by atoms with E-state index in [1.807, 2.05) is 0 Å². The first-order valence-electron chi connectivity index (χ1n) is 12.0. The molecule has 34 heavy (non-hydrogen) atoms. The van der Waals surface area contributed by atoms with Crippen molar-refractivity contribution in [2.75, 3.05) is 26.4 Å². The van der Waals surface area contributed by atoms with Crippen molar-refractivity contribution >= 4 is 19.8 Å². The molecule has 0 bridgehead atoms. The molecule has 0 amide bonds. The molecule has 0 aliphatic carbocycles. The van der Waals surface area contributed by atoms with Crippen LogP contribution in [0.15, 0.2) is 0 Å². The molecular weight excluding hydrogens is 478 g/mol. The second-order valence-electron chi connectivity index (χ2n) is 8.00. The summed E-state index contributed by atoms with van der Waals surface area (Å²) in [4.78, 5) is 35.9. The molecule has 0 rings (SSSR count). The first-order valence-corrected chi connectivity index (χ1v) is 13.4. The molecule has 0 aliphatic rings. The predicted molar refractivity (Wildman–Crippen MR) is 120 cm³/mol. The second-order valence-corrected chi connectivity index (χ2v) is 9.41. The minimum atomic E-state index is -4.82. The van der Waals surface area contributed by atoms with Crippen LogP contribution in [0.25, 0.3) is 0 Å². The van der Waals surface area contributed by atoms with Crippen molar-refractivity contribution < 1.29 is 77.3 Å². The number of aliphatic hydroxyl groups is 2. The zero-order chi connectivity index (χ0) is 25.0. The van der Waals surface area contributed by atoms with Crippen molar-refractivity contribution in [1.82, 2.24) is 0 Å². The van der Waals surface area contributed by atoms with Crippen LogP contribution in [0.4, 0.5) is 0 Å². The van der Waals surface area contributed by atoms with Gasteiger partial charge in [-0.25, -0.2) is 0 Å².